The van der Waals surface area contributed by atoms with Crippen LogP contribution in [0.1, 0.15) is 102 Å². The van der Waals surface area contributed by atoms with Gasteiger partial charge in [0.25, 0.3) is 5.89 Å². The van der Waals surface area contributed by atoms with Crippen LogP contribution in [0.4, 0.5) is 0 Å². The van der Waals surface area contributed by atoms with Gasteiger partial charge in [-0.1, -0.05) is 89.1 Å². The predicted molar refractivity (Wildman–Crippen MR) is 354 cm³/mol. The largest absolute Gasteiger partial charge is 0.480 e. The molecular formula is C59H69Cl5N8O15S5. The second kappa shape index (κ2) is 29.7. The molecular weight excluding hydrogens is 1400 g/mol. The molecule has 0 radical (unpaired) electrons. The number of halogens is 5. The van der Waals surface area contributed by atoms with Crippen LogP contribution in [0, 0.1) is 11.3 Å². The summed E-state index contributed by atoms with van der Waals surface area (Å²) in [6.45, 7) is 19.6. The van der Waals surface area contributed by atoms with E-state index in [0.717, 1.165) is 19.5 Å². The quantitative estimate of drug-likeness (QED) is 0.0320. The third-order valence-corrected chi connectivity index (χ3v) is 27.2. The molecule has 0 unspecified atom stereocenters. The van der Waals surface area contributed by atoms with Crippen LogP contribution in [-0.4, -0.2) is 109 Å². The SMILES string of the molecule is CC(C)(/C(N)=N/O)S(=O)(=O)c1ccc(Cl)cc1.CC(C)(C#N)S(=O)(=O)c1ccc(Cl)cc1.CC(C)(C(=O)O)S(=O)(=O)c1ccc(Cl)cc1.CC(C)(C(N)=O)S(=O)(=O)c1ccc(Cl)cc1.Cn1nc(C(C)(C)C)cc1-c1nc(C(C)(C)S(=O)(=O)c2ccc(Cl)cc2)no1. The smallest absolute Gasteiger partial charge is 0.324 e. The van der Waals surface area contributed by atoms with Gasteiger partial charge in [0.2, 0.25) is 5.91 Å². The Morgan fingerprint density at radius 2 is 0.826 bits per heavy atom. The maximum absolute atomic E-state index is 13.1. The molecule has 0 bridgehead atoms. The van der Waals surface area contributed by atoms with Crippen molar-refractivity contribution in [2.45, 2.75) is 144 Å². The van der Waals surface area contributed by atoms with Crippen molar-refractivity contribution in [1.29, 1.82) is 5.26 Å². The van der Waals surface area contributed by atoms with Gasteiger partial charge in [-0.25, -0.2) is 42.1 Å². The number of hydrogen-bond donors (Lipinski definition) is 4. The number of rotatable bonds is 15. The van der Waals surface area contributed by atoms with Crippen LogP contribution < -0.4 is 11.5 Å². The molecule has 6 N–H and O–H groups in total. The number of benzene rings is 5. The summed E-state index contributed by atoms with van der Waals surface area (Å²) in [4.78, 5) is 26.7. The molecule has 1 amide bonds. The fourth-order valence-corrected chi connectivity index (χ4v) is 14.1. The van der Waals surface area contributed by atoms with Gasteiger partial charge >= 0.3 is 5.97 Å². The monoisotopic (exact) mass is 1460 g/mol. The summed E-state index contributed by atoms with van der Waals surface area (Å²) in [5.41, 5.74) is 11.8. The molecule has 7 aromatic rings. The van der Waals surface area contributed by atoms with Gasteiger partial charge in [-0.15, -0.1) is 0 Å². The molecule has 5 aromatic carbocycles. The lowest BCUT2D eigenvalue weighted by Crippen LogP contribution is -2.45. The minimum atomic E-state index is -3.91. The van der Waals surface area contributed by atoms with E-state index in [4.69, 9.17) is 89.6 Å². The van der Waals surface area contributed by atoms with E-state index >= 15 is 0 Å². The van der Waals surface area contributed by atoms with Gasteiger partial charge in [0.1, 0.15) is 19.9 Å². The van der Waals surface area contributed by atoms with Crippen molar-refractivity contribution in [3.05, 3.63) is 164 Å². The topological polar surface area (TPSA) is 390 Å². The van der Waals surface area contributed by atoms with E-state index in [1.165, 1.54) is 163 Å². The van der Waals surface area contributed by atoms with Crippen molar-refractivity contribution in [3.8, 4) is 17.7 Å². The normalized spacial score (nSPS) is 12.8. The van der Waals surface area contributed by atoms with E-state index in [-0.39, 0.29) is 47.4 Å². The summed E-state index contributed by atoms with van der Waals surface area (Å²) in [5.74, 6) is -2.34. The maximum Gasteiger partial charge on any atom is 0.324 e. The van der Waals surface area contributed by atoms with Crippen molar-refractivity contribution in [2.24, 2.45) is 23.7 Å². The number of nitrogens with zero attached hydrogens (tertiary/aromatic N) is 6. The fourth-order valence-electron chi connectivity index (χ4n) is 6.83. The van der Waals surface area contributed by atoms with E-state index in [0.29, 0.717) is 30.8 Å². The zero-order valence-electron chi connectivity index (χ0n) is 52.1. The lowest BCUT2D eigenvalue weighted by atomic mass is 9.92. The highest BCUT2D eigenvalue weighted by atomic mass is 35.5. The summed E-state index contributed by atoms with van der Waals surface area (Å²) in [6.07, 6.45) is 0. The molecule has 0 aliphatic heterocycles. The van der Waals surface area contributed by atoms with Crippen molar-refractivity contribution < 1.29 is 66.5 Å². The van der Waals surface area contributed by atoms with Crippen LogP contribution in [0.25, 0.3) is 11.6 Å². The fraction of sp³-hybridized carbons (Fsp3) is 0.339. The molecule has 0 aliphatic rings. The standard InChI is InChI=1S/C19H23ClN4O3S.C10H13ClN2O3S.C10H12ClNO3S.C10H10ClNO2S.C10H11ClO4S/c1-18(2,3)15-11-14(24(6)22-15)16-21-17(23-27-16)19(4,5)28(25,26)13-9-7-12(20)8-10-13;1-10(2,9(12)13-14)17(15,16)8-5-3-7(11)4-6-8;1-10(2,9(12)13)16(14,15)8-5-3-7(11)4-6-8;1-10(2,7-12)15(13,14)9-5-3-8(11)4-6-9;1-10(2,9(12)13)16(14,15)8-5-3-7(11)4-6-8/h7-11H,1-6H3;3-6,14H,1-2H3,(H2,12,13);3-6H,1-2H3,(H2,12,13);3-6H,1-2H3;3-6H,1-2H3,(H,12,13). The van der Waals surface area contributed by atoms with Gasteiger partial charge < -0.3 is 26.3 Å². The van der Waals surface area contributed by atoms with Gasteiger partial charge in [0.05, 0.1) is 36.2 Å². The number of amidine groups is 1. The molecule has 0 spiro atoms. The lowest BCUT2D eigenvalue weighted by molar-refractivity contribution is -0.139. The summed E-state index contributed by atoms with van der Waals surface area (Å²) >= 11 is 28.5. The first kappa shape index (κ1) is 79.6. The molecule has 2 heterocycles. The van der Waals surface area contributed by atoms with Crippen LogP contribution in [-0.2, 0) is 76.0 Å². The van der Waals surface area contributed by atoms with Crippen LogP contribution in [0.15, 0.2) is 162 Å². The molecule has 0 saturated carbocycles. The number of carbonyl (C=O) groups excluding carboxylic acids is 1. The van der Waals surface area contributed by atoms with Crippen molar-refractivity contribution in [3.63, 3.8) is 0 Å². The third-order valence-electron chi connectivity index (χ3n) is 13.9. The number of carbonyl (C=O) groups is 2. The van der Waals surface area contributed by atoms with Gasteiger partial charge in [0, 0.05) is 37.6 Å². The van der Waals surface area contributed by atoms with E-state index < -0.39 is 84.8 Å². The number of nitrogens with two attached hydrogens (primary N) is 2. The Balaban J connectivity index is 0.000000308. The molecule has 0 aliphatic carbocycles. The Labute approximate surface area is 561 Å². The molecule has 500 valence electrons. The van der Waals surface area contributed by atoms with Crippen molar-refractivity contribution in [1.82, 2.24) is 19.9 Å². The average Bonchev–Trinajstić information content (AvgIpc) is 1.34. The Bertz CT molecular complexity index is 4360. The number of aryl methyl sites for hydroxylation is 1. The number of carboxylic acid groups (broad SMARTS) is 1. The first-order valence-electron chi connectivity index (χ1n) is 26.6. The van der Waals surface area contributed by atoms with E-state index in [2.05, 4.69) is 41.2 Å². The molecule has 23 nitrogen and oxygen atoms in total. The third kappa shape index (κ3) is 17.8. The Morgan fingerprint density at radius 1 is 0.522 bits per heavy atom. The highest BCUT2D eigenvalue weighted by molar-refractivity contribution is 7.94. The number of carboxylic acids is 1. The highest BCUT2D eigenvalue weighted by Crippen LogP contribution is 2.36. The maximum atomic E-state index is 13.1. The highest BCUT2D eigenvalue weighted by Gasteiger charge is 2.45. The first-order valence-corrected chi connectivity index (χ1v) is 35.9. The minimum Gasteiger partial charge on any atom is -0.480 e. The molecule has 0 atom stereocenters. The Morgan fingerprint density at radius 3 is 1.11 bits per heavy atom. The van der Waals surface area contributed by atoms with Gasteiger partial charge in [0.15, 0.2) is 70.3 Å². The molecule has 7 rings (SSSR count). The van der Waals surface area contributed by atoms with Crippen LogP contribution in [0.2, 0.25) is 25.1 Å². The molecule has 2 aromatic heterocycles. The van der Waals surface area contributed by atoms with E-state index in [1.54, 1.807) is 31.6 Å². The zero-order valence-corrected chi connectivity index (χ0v) is 60.0. The number of primary amides is 1. The number of oxime groups is 1. The number of hydrogen-bond acceptors (Lipinski definition) is 19. The van der Waals surface area contributed by atoms with Crippen molar-refractivity contribution in [2.75, 3.05) is 0 Å². The summed E-state index contributed by atoms with van der Waals surface area (Å²) < 4.78 is 122. The molecule has 92 heavy (non-hydrogen) atoms. The second-order valence-corrected chi connectivity index (χ2v) is 38.0. The number of aromatic nitrogens is 4. The lowest BCUT2D eigenvalue weighted by Gasteiger charge is -2.23. The molecule has 0 fully saturated rings. The molecule has 0 saturated heterocycles. The number of amides is 1. The van der Waals surface area contributed by atoms with E-state index in [9.17, 15) is 51.7 Å². The number of aliphatic carboxylic acids is 1. The van der Waals surface area contributed by atoms with Gasteiger partial charge in [-0.2, -0.15) is 15.3 Å². The summed E-state index contributed by atoms with van der Waals surface area (Å²) in [7, 11) is -17.1. The van der Waals surface area contributed by atoms with Crippen molar-refractivity contribution >= 4 is 125 Å². The van der Waals surface area contributed by atoms with Gasteiger partial charge in [-0.05, 0) is 197 Å². The minimum absolute atomic E-state index is 0.0284. The predicted octanol–water partition coefficient (Wildman–Crippen LogP) is 11.5. The van der Waals surface area contributed by atoms with Gasteiger partial charge in [-0.3, -0.25) is 14.3 Å². The molecule has 33 heteroatoms. The van der Waals surface area contributed by atoms with Crippen LogP contribution in [0.3, 0.4) is 0 Å². The first-order chi connectivity index (χ1) is 41.8. The summed E-state index contributed by atoms with van der Waals surface area (Å²) in [6, 6.07) is 32.1. The second-order valence-electron chi connectivity index (χ2n) is 23.3. The Hall–Kier alpha value is -6.65. The van der Waals surface area contributed by atoms with Crippen LogP contribution in [0.5, 0.6) is 0 Å². The number of nitriles is 1. The number of sulfone groups is 5. The summed E-state index contributed by atoms with van der Waals surface area (Å²) in [5, 5.41) is 39.7. The van der Waals surface area contributed by atoms with E-state index in [1.807, 2.05) is 6.07 Å². The van der Waals surface area contributed by atoms with Crippen LogP contribution >= 0.6 is 58.0 Å². The zero-order chi connectivity index (χ0) is 71.0. The Kier molecular flexibility index (Phi) is 25.7. The average molecular weight is 1470 g/mol.